The number of nitrogens with one attached hydrogen (secondary N) is 5. The van der Waals surface area contributed by atoms with Crippen molar-refractivity contribution in [1.29, 1.82) is 0 Å². The maximum atomic E-state index is 13.4. The molecule has 9 N–H and O–H groups in total. The van der Waals surface area contributed by atoms with E-state index in [9.17, 15) is 68.4 Å². The minimum Gasteiger partial charge on any atom is -0.512 e. The molecule has 7 amide bonds. The Balaban J connectivity index is 2.06. The van der Waals surface area contributed by atoms with Crippen molar-refractivity contribution in [2.24, 2.45) is 20.0 Å². The topological polar surface area (TPSA) is 335 Å². The summed E-state index contributed by atoms with van der Waals surface area (Å²) in [5, 5.41) is 55.4. The molecule has 0 saturated carbocycles. The molecule has 25 heteroatoms. The minimum atomic E-state index is -0.781. The van der Waals surface area contributed by atoms with Gasteiger partial charge in [0, 0.05) is 137 Å². The number of aliphatic hydroxyl groups excluding tert-OH is 2. The molecule has 0 aliphatic carbocycles. The number of aryl methyl sites for hydroxylation is 2. The van der Waals surface area contributed by atoms with Gasteiger partial charge in [0.1, 0.15) is 17.8 Å². The van der Waals surface area contributed by atoms with Gasteiger partial charge in [0.25, 0.3) is 34.7 Å². The van der Waals surface area contributed by atoms with Crippen LogP contribution < -0.4 is 37.7 Å². The van der Waals surface area contributed by atoms with E-state index in [2.05, 4.69) is 26.6 Å². The van der Waals surface area contributed by atoms with Gasteiger partial charge in [0.05, 0.1) is 22.3 Å². The van der Waals surface area contributed by atoms with Crippen LogP contribution in [-0.2, 0) is 49.3 Å². The summed E-state index contributed by atoms with van der Waals surface area (Å²) in [6.07, 6.45) is 9.84. The number of hydrogen-bond acceptors (Lipinski definition) is 16. The third-order valence-electron chi connectivity index (χ3n) is 11.7. The number of allylic oxidation sites excluding steroid dienone is 2. The van der Waals surface area contributed by atoms with Crippen molar-refractivity contribution in [3.63, 3.8) is 0 Å². The van der Waals surface area contributed by atoms with E-state index in [1.54, 1.807) is 24.3 Å². The van der Waals surface area contributed by atoms with Crippen molar-refractivity contribution in [2.45, 2.75) is 33.1 Å². The van der Waals surface area contributed by atoms with Gasteiger partial charge in [0.15, 0.2) is 11.5 Å². The maximum Gasteiger partial charge on any atom is 0.293 e. The van der Waals surface area contributed by atoms with Crippen LogP contribution in [0.1, 0.15) is 53.0 Å². The van der Waals surface area contributed by atoms with Gasteiger partial charge in [-0.05, 0) is 68.2 Å². The molecular formula is C52H69N11O14. The first-order valence-electron chi connectivity index (χ1n) is 24.3. The van der Waals surface area contributed by atoms with Gasteiger partial charge < -0.3 is 70.7 Å². The average Bonchev–Trinajstić information content (AvgIpc) is 3.38. The Bertz CT molecular complexity index is 2660. The fourth-order valence-corrected chi connectivity index (χ4v) is 7.44. The highest BCUT2D eigenvalue weighted by atomic mass is 16.3. The molecule has 1 aromatic carbocycles. The molecular weight excluding hydrogens is 1000 g/mol. The van der Waals surface area contributed by atoms with Crippen molar-refractivity contribution in [3.8, 4) is 11.5 Å². The molecule has 0 saturated heterocycles. The van der Waals surface area contributed by atoms with Gasteiger partial charge in [-0.15, -0.1) is 0 Å². The zero-order chi connectivity index (χ0) is 57.2. The number of rotatable bonds is 32. The normalized spacial score (nSPS) is 12.4. The molecule has 3 rings (SSSR count). The second-order valence-electron chi connectivity index (χ2n) is 17.8. The second kappa shape index (κ2) is 31.8. The molecule has 77 heavy (non-hydrogen) atoms. The van der Waals surface area contributed by atoms with Crippen molar-refractivity contribution in [3.05, 3.63) is 133 Å². The van der Waals surface area contributed by atoms with Crippen LogP contribution in [0.2, 0.25) is 0 Å². The number of carbonyl (C=O) groups is 8. The number of aromatic hydroxyl groups is 2. The predicted octanol–water partition coefficient (Wildman–Crippen LogP) is 0.136. The summed E-state index contributed by atoms with van der Waals surface area (Å²) in [6.45, 7) is 3.59. The van der Waals surface area contributed by atoms with Crippen LogP contribution >= 0.6 is 0 Å². The fourth-order valence-electron chi connectivity index (χ4n) is 7.44. The highest BCUT2D eigenvalue weighted by Gasteiger charge is 2.23. The molecule has 0 bridgehead atoms. The van der Waals surface area contributed by atoms with Gasteiger partial charge in [-0.2, -0.15) is 0 Å². The lowest BCUT2D eigenvalue weighted by molar-refractivity contribution is -0.118. The zero-order valence-electron chi connectivity index (χ0n) is 44.0. The molecule has 1 atom stereocenters. The number of aromatic nitrogens is 2. The van der Waals surface area contributed by atoms with Crippen molar-refractivity contribution >= 4 is 54.3 Å². The standard InChI is InChI=1S/C52H69N11O14/c1-35(67)40(13-21-58(3)33-65)47(72)53-17-25-62(26-18-54-48(73)41(36(2)68)14-22-59(4)34-66)31-38(30-37-9-11-39(12-10-37)57-44(69)8-7-29-64)32-63(27-19-55-49(74)42-15-23-60(5)51(76)45(42)70)28-20-56-50(75)43-16-24-61(6)52(77)46(43)71/h9-16,21-24,29,33-34,38,67-68,70-71H,7-8,17-20,25-28,30-32H2,1-6H3,(H,53,72)(H,54,73)(H,55,74)(H,56,75)(H,57,69)/b21-13-,22-14-,40-35-,41-36-. The van der Waals surface area contributed by atoms with Gasteiger partial charge in [0.2, 0.25) is 18.7 Å². The first-order chi connectivity index (χ1) is 36.6. The van der Waals surface area contributed by atoms with Crippen LogP contribution in [0.3, 0.4) is 0 Å². The lowest BCUT2D eigenvalue weighted by Crippen LogP contribution is -2.46. The SMILES string of the molecule is C/C(O)=C(\C=C/N(C)C=O)C(=O)NCCN(CCNC(=O)C(/C=C\N(C)C=O)=C(/C)O)CC(Cc1ccc(NC(=O)CCC=O)cc1)CN(CCNC(=O)c1ccn(C)c(=O)c1O)CCNC(=O)c1ccn(C)c(=O)c1O. The van der Waals surface area contributed by atoms with E-state index in [1.165, 1.54) is 91.1 Å². The monoisotopic (exact) mass is 1070 g/mol. The average molecular weight is 1070 g/mol. The van der Waals surface area contributed by atoms with Gasteiger partial charge in [-0.25, -0.2) is 0 Å². The lowest BCUT2D eigenvalue weighted by Gasteiger charge is -2.32. The Morgan fingerprint density at radius 2 is 1.03 bits per heavy atom. The number of amides is 7. The Morgan fingerprint density at radius 1 is 0.623 bits per heavy atom. The summed E-state index contributed by atoms with van der Waals surface area (Å²) in [6, 6.07) is 9.57. The Labute approximate surface area is 444 Å². The summed E-state index contributed by atoms with van der Waals surface area (Å²) in [5.74, 6) is -5.63. The number of hydrogen-bond donors (Lipinski definition) is 9. The molecule has 2 aromatic heterocycles. The number of anilines is 1. The Hall–Kier alpha value is -8.84. The minimum absolute atomic E-state index is 0.000454. The number of benzene rings is 1. The molecule has 3 aromatic rings. The van der Waals surface area contributed by atoms with Crippen LogP contribution in [0, 0.1) is 5.92 Å². The third-order valence-corrected chi connectivity index (χ3v) is 11.7. The summed E-state index contributed by atoms with van der Waals surface area (Å²) >= 11 is 0. The second-order valence-corrected chi connectivity index (χ2v) is 17.8. The first-order valence-corrected chi connectivity index (χ1v) is 24.3. The van der Waals surface area contributed by atoms with Crippen LogP contribution in [0.5, 0.6) is 11.5 Å². The molecule has 416 valence electrons. The summed E-state index contributed by atoms with van der Waals surface area (Å²) in [5.41, 5.74) is -1.02. The van der Waals surface area contributed by atoms with Crippen LogP contribution in [-0.4, -0.2) is 177 Å². The predicted molar refractivity (Wildman–Crippen MR) is 284 cm³/mol. The first kappa shape index (κ1) is 62.5. The molecule has 25 nitrogen and oxygen atoms in total. The molecule has 0 fully saturated rings. The van der Waals surface area contributed by atoms with E-state index in [1.807, 2.05) is 9.80 Å². The highest BCUT2D eigenvalue weighted by Crippen LogP contribution is 2.18. The van der Waals surface area contributed by atoms with Crippen molar-refractivity contribution < 1.29 is 58.8 Å². The van der Waals surface area contributed by atoms with E-state index in [0.717, 1.165) is 24.5 Å². The van der Waals surface area contributed by atoms with Crippen molar-refractivity contribution in [2.75, 3.05) is 84.9 Å². The summed E-state index contributed by atoms with van der Waals surface area (Å²) in [7, 11) is 5.71. The van der Waals surface area contributed by atoms with E-state index in [0.29, 0.717) is 31.2 Å². The largest absolute Gasteiger partial charge is 0.512 e. The van der Waals surface area contributed by atoms with Gasteiger partial charge in [-0.3, -0.25) is 53.0 Å². The van der Waals surface area contributed by atoms with Crippen LogP contribution in [0.4, 0.5) is 5.69 Å². The Kier molecular flexibility index (Phi) is 25.8. The number of carbonyl (C=O) groups excluding carboxylic acids is 8. The summed E-state index contributed by atoms with van der Waals surface area (Å²) < 4.78 is 2.22. The van der Waals surface area contributed by atoms with Gasteiger partial charge >= 0.3 is 0 Å². The number of pyridine rings is 2. The van der Waals surface area contributed by atoms with Crippen molar-refractivity contribution in [1.82, 2.24) is 50.0 Å². The van der Waals surface area contributed by atoms with E-state index >= 15 is 0 Å². The zero-order valence-corrected chi connectivity index (χ0v) is 44.0. The quantitative estimate of drug-likeness (QED) is 0.0174. The van der Waals surface area contributed by atoms with Crippen LogP contribution in [0.25, 0.3) is 0 Å². The number of aldehydes is 1. The molecule has 1 unspecified atom stereocenters. The molecule has 0 radical (unpaired) electrons. The number of nitrogens with zero attached hydrogens (tertiary/aromatic N) is 6. The van der Waals surface area contributed by atoms with E-state index < -0.39 is 46.2 Å². The summed E-state index contributed by atoms with van der Waals surface area (Å²) in [4.78, 5) is 130. The van der Waals surface area contributed by atoms with E-state index in [4.69, 9.17) is 0 Å². The lowest BCUT2D eigenvalue weighted by atomic mass is 9.97. The maximum absolute atomic E-state index is 13.4. The molecule has 0 spiro atoms. The van der Waals surface area contributed by atoms with Crippen LogP contribution in [0.15, 0.2) is 106 Å². The number of aliphatic hydroxyl groups is 2. The molecule has 0 aliphatic rings. The van der Waals surface area contributed by atoms with Gasteiger partial charge in [-0.1, -0.05) is 12.1 Å². The molecule has 2 heterocycles. The molecule has 0 aliphatic heterocycles. The highest BCUT2D eigenvalue weighted by molar-refractivity contribution is 5.98. The third kappa shape index (κ3) is 20.8. The fraction of sp³-hybridized carbons (Fsp3) is 0.385. The smallest absolute Gasteiger partial charge is 0.293 e. The Morgan fingerprint density at radius 3 is 1.40 bits per heavy atom. The van der Waals surface area contributed by atoms with E-state index in [-0.39, 0.29) is 124 Å².